The topological polar surface area (TPSA) is 35.5 Å². The van der Waals surface area contributed by atoms with Crippen molar-refractivity contribution in [2.45, 2.75) is 12.5 Å². The van der Waals surface area contributed by atoms with Gasteiger partial charge in [0.05, 0.1) is 18.9 Å². The highest BCUT2D eigenvalue weighted by atomic mass is 16.6. The van der Waals surface area contributed by atoms with E-state index in [1.165, 1.54) is 13.4 Å². The van der Waals surface area contributed by atoms with Crippen LogP contribution in [0.4, 0.5) is 0 Å². The van der Waals surface area contributed by atoms with Crippen LogP contribution in [0.1, 0.15) is 12.0 Å². The standard InChI is InChI=1S/C14H14O3/c1-16-10-12-9-13(17-14(12)15)8-7-11-5-3-2-4-6-11/h2-8,10,13H,9H2,1H3/b8-7+,12-10+/t13-/m0/s1. The number of carbonyl (C=O) groups is 1. The Morgan fingerprint density at radius 3 is 2.82 bits per heavy atom. The average Bonchev–Trinajstić information content (AvgIpc) is 2.70. The minimum atomic E-state index is -0.297. The van der Waals surface area contributed by atoms with Crippen molar-refractivity contribution in [1.82, 2.24) is 0 Å². The summed E-state index contributed by atoms with van der Waals surface area (Å²) in [5, 5.41) is 0. The second kappa shape index (κ2) is 5.34. The number of hydrogen-bond donors (Lipinski definition) is 0. The molecule has 2 rings (SSSR count). The predicted molar refractivity (Wildman–Crippen MR) is 65.1 cm³/mol. The quantitative estimate of drug-likeness (QED) is 0.455. The molecule has 0 aromatic heterocycles. The van der Waals surface area contributed by atoms with E-state index in [0.717, 1.165) is 5.56 Å². The van der Waals surface area contributed by atoms with Crippen LogP contribution in [0.5, 0.6) is 0 Å². The summed E-state index contributed by atoms with van der Waals surface area (Å²) < 4.78 is 9.99. The lowest BCUT2D eigenvalue weighted by Gasteiger charge is -2.00. The van der Waals surface area contributed by atoms with Gasteiger partial charge in [0.1, 0.15) is 6.10 Å². The Hall–Kier alpha value is -2.03. The molecule has 3 nitrogen and oxygen atoms in total. The van der Waals surface area contributed by atoms with Gasteiger partial charge in [-0.15, -0.1) is 0 Å². The fourth-order valence-corrected chi connectivity index (χ4v) is 1.68. The zero-order valence-electron chi connectivity index (χ0n) is 9.63. The predicted octanol–water partition coefficient (Wildman–Crippen LogP) is 2.55. The molecule has 0 N–H and O–H groups in total. The van der Waals surface area contributed by atoms with Gasteiger partial charge in [-0.25, -0.2) is 4.79 Å². The number of cyclic esters (lactones) is 1. The first-order valence-corrected chi connectivity index (χ1v) is 5.45. The van der Waals surface area contributed by atoms with E-state index in [-0.39, 0.29) is 12.1 Å². The molecule has 17 heavy (non-hydrogen) atoms. The van der Waals surface area contributed by atoms with Gasteiger partial charge in [0, 0.05) is 6.42 Å². The molecular weight excluding hydrogens is 216 g/mol. The maximum absolute atomic E-state index is 11.4. The van der Waals surface area contributed by atoms with Crippen LogP contribution in [0, 0.1) is 0 Å². The van der Waals surface area contributed by atoms with Gasteiger partial charge < -0.3 is 9.47 Å². The Morgan fingerprint density at radius 1 is 1.35 bits per heavy atom. The van der Waals surface area contributed by atoms with Crippen LogP contribution in [0.3, 0.4) is 0 Å². The van der Waals surface area contributed by atoms with Crippen LogP contribution in [0.2, 0.25) is 0 Å². The summed E-state index contributed by atoms with van der Waals surface area (Å²) in [5.41, 5.74) is 1.67. The molecule has 1 fully saturated rings. The van der Waals surface area contributed by atoms with Crippen molar-refractivity contribution < 1.29 is 14.3 Å². The summed E-state index contributed by atoms with van der Waals surface area (Å²) >= 11 is 0. The summed E-state index contributed by atoms with van der Waals surface area (Å²) in [6.45, 7) is 0. The minimum absolute atomic E-state index is 0.191. The molecule has 0 amide bonds. The monoisotopic (exact) mass is 230 g/mol. The van der Waals surface area contributed by atoms with Gasteiger partial charge in [-0.3, -0.25) is 0 Å². The van der Waals surface area contributed by atoms with Crippen molar-refractivity contribution in [2.75, 3.05) is 7.11 Å². The first kappa shape index (κ1) is 11.5. The number of esters is 1. The molecule has 0 aliphatic carbocycles. The maximum atomic E-state index is 11.4. The Kier molecular flexibility index (Phi) is 3.60. The summed E-state index contributed by atoms with van der Waals surface area (Å²) in [7, 11) is 1.52. The lowest BCUT2D eigenvalue weighted by atomic mass is 10.1. The number of methoxy groups -OCH3 is 1. The van der Waals surface area contributed by atoms with Crippen LogP contribution in [0.15, 0.2) is 48.2 Å². The first-order valence-electron chi connectivity index (χ1n) is 5.45. The molecule has 1 atom stereocenters. The lowest BCUT2D eigenvalue weighted by molar-refractivity contribution is -0.137. The maximum Gasteiger partial charge on any atom is 0.337 e. The number of ether oxygens (including phenoxy) is 2. The molecule has 0 spiro atoms. The van der Waals surface area contributed by atoms with Gasteiger partial charge in [-0.05, 0) is 11.6 Å². The van der Waals surface area contributed by atoms with Crippen LogP contribution in [-0.4, -0.2) is 19.2 Å². The molecule has 0 saturated carbocycles. The van der Waals surface area contributed by atoms with Gasteiger partial charge in [0.25, 0.3) is 0 Å². The van der Waals surface area contributed by atoms with Crippen molar-refractivity contribution in [3.8, 4) is 0 Å². The van der Waals surface area contributed by atoms with E-state index < -0.39 is 0 Å². The molecule has 0 unspecified atom stereocenters. The van der Waals surface area contributed by atoms with Gasteiger partial charge in [0.15, 0.2) is 0 Å². The zero-order valence-corrected chi connectivity index (χ0v) is 9.63. The van der Waals surface area contributed by atoms with Crippen molar-refractivity contribution in [3.05, 3.63) is 53.8 Å². The van der Waals surface area contributed by atoms with E-state index in [1.54, 1.807) is 0 Å². The van der Waals surface area contributed by atoms with Crippen molar-refractivity contribution in [1.29, 1.82) is 0 Å². The summed E-state index contributed by atoms with van der Waals surface area (Å²) in [6.07, 6.45) is 5.66. The number of carbonyl (C=O) groups excluding carboxylic acids is 1. The Labute approximate surface area is 100 Å². The molecular formula is C14H14O3. The van der Waals surface area contributed by atoms with Gasteiger partial charge >= 0.3 is 5.97 Å². The van der Waals surface area contributed by atoms with Crippen molar-refractivity contribution in [2.24, 2.45) is 0 Å². The molecule has 88 valence electrons. The third kappa shape index (κ3) is 2.97. The van der Waals surface area contributed by atoms with E-state index in [2.05, 4.69) is 0 Å². The van der Waals surface area contributed by atoms with Crippen LogP contribution >= 0.6 is 0 Å². The molecule has 1 aliphatic heterocycles. The van der Waals surface area contributed by atoms with E-state index >= 15 is 0 Å². The van der Waals surface area contributed by atoms with Crippen molar-refractivity contribution in [3.63, 3.8) is 0 Å². The van der Waals surface area contributed by atoms with E-state index in [0.29, 0.717) is 12.0 Å². The highest BCUT2D eigenvalue weighted by Gasteiger charge is 2.27. The van der Waals surface area contributed by atoms with Crippen LogP contribution < -0.4 is 0 Å². The molecule has 0 radical (unpaired) electrons. The van der Waals surface area contributed by atoms with E-state index in [1.807, 2.05) is 42.5 Å². The van der Waals surface area contributed by atoms with Crippen molar-refractivity contribution >= 4 is 12.0 Å². The fraction of sp³-hybridized carbons (Fsp3) is 0.214. The molecule has 0 bridgehead atoms. The molecule has 1 heterocycles. The second-order valence-electron chi connectivity index (χ2n) is 3.80. The Balaban J connectivity index is 2.00. The molecule has 1 saturated heterocycles. The molecule has 1 aromatic rings. The number of hydrogen-bond acceptors (Lipinski definition) is 3. The van der Waals surface area contributed by atoms with Crippen LogP contribution in [-0.2, 0) is 14.3 Å². The third-order valence-corrected chi connectivity index (χ3v) is 2.50. The lowest BCUT2D eigenvalue weighted by Crippen LogP contribution is -2.01. The number of rotatable bonds is 3. The zero-order chi connectivity index (χ0) is 12.1. The van der Waals surface area contributed by atoms with Crippen LogP contribution in [0.25, 0.3) is 6.08 Å². The average molecular weight is 230 g/mol. The fourth-order valence-electron chi connectivity index (χ4n) is 1.68. The summed E-state index contributed by atoms with van der Waals surface area (Å²) in [4.78, 5) is 11.4. The highest BCUT2D eigenvalue weighted by molar-refractivity contribution is 5.90. The summed E-state index contributed by atoms with van der Waals surface area (Å²) in [6, 6.07) is 9.90. The SMILES string of the molecule is CO/C=C1\C[C@H](/C=C/c2ccccc2)OC1=O. The summed E-state index contributed by atoms with van der Waals surface area (Å²) in [5.74, 6) is -0.297. The molecule has 1 aromatic carbocycles. The smallest absolute Gasteiger partial charge is 0.337 e. The molecule has 1 aliphatic rings. The van der Waals surface area contributed by atoms with Gasteiger partial charge in [-0.1, -0.05) is 36.4 Å². The first-order chi connectivity index (χ1) is 8.29. The van der Waals surface area contributed by atoms with Gasteiger partial charge in [-0.2, -0.15) is 0 Å². The third-order valence-electron chi connectivity index (χ3n) is 2.50. The Morgan fingerprint density at radius 2 is 2.12 bits per heavy atom. The minimum Gasteiger partial charge on any atom is -0.504 e. The normalized spacial score (nSPS) is 22.1. The highest BCUT2D eigenvalue weighted by Crippen LogP contribution is 2.21. The van der Waals surface area contributed by atoms with E-state index in [4.69, 9.17) is 9.47 Å². The van der Waals surface area contributed by atoms with E-state index in [9.17, 15) is 4.79 Å². The Bertz CT molecular complexity index is 446. The second-order valence-corrected chi connectivity index (χ2v) is 3.80. The number of benzene rings is 1. The molecule has 3 heteroatoms. The van der Waals surface area contributed by atoms with Gasteiger partial charge in [0.2, 0.25) is 0 Å². The largest absolute Gasteiger partial charge is 0.504 e.